The third-order valence-corrected chi connectivity index (χ3v) is 7.80. The lowest BCUT2D eigenvalue weighted by Crippen LogP contribution is -3.05. The van der Waals surface area contributed by atoms with Crippen molar-refractivity contribution in [3.8, 4) is 0 Å². The van der Waals surface area contributed by atoms with Gasteiger partial charge in [-0.2, -0.15) is 119 Å². The van der Waals surface area contributed by atoms with Crippen LogP contribution in [0, 0.1) is 5.41 Å². The van der Waals surface area contributed by atoms with Crippen molar-refractivity contribution in [1.29, 1.82) is 0 Å². The fourth-order valence-corrected chi connectivity index (χ4v) is 5.75. The van der Waals surface area contributed by atoms with E-state index in [-0.39, 0.29) is 0 Å². The van der Waals surface area contributed by atoms with Crippen molar-refractivity contribution >= 4 is 0 Å². The summed E-state index contributed by atoms with van der Waals surface area (Å²) in [5.74, 6) is -61.4. The van der Waals surface area contributed by atoms with Crippen LogP contribution in [0.15, 0.2) is 0 Å². The minimum Gasteiger partial charge on any atom is -0.231 e. The average Bonchev–Trinajstić information content (AvgIpc) is 2.81. The Balaban J connectivity index is 4.12. The van der Waals surface area contributed by atoms with Crippen molar-refractivity contribution in [2.45, 2.75) is 94.8 Å². The number of fused-ring (bicyclic) bond motifs is 1. The van der Waals surface area contributed by atoms with Gasteiger partial charge in [-0.25, -0.2) is 22.0 Å². The molecule has 0 saturated heterocycles. The van der Waals surface area contributed by atoms with E-state index in [0.717, 1.165) is 0 Å². The fourth-order valence-electron chi connectivity index (χ4n) is 5.75. The summed E-state index contributed by atoms with van der Waals surface area (Å²) in [4.78, 5) is 0. The molecule has 0 aromatic heterocycles. The molecule has 0 N–H and O–H groups in total. The van der Waals surface area contributed by atoms with E-state index < -0.39 is 100 Å². The van der Waals surface area contributed by atoms with E-state index >= 15 is 17.6 Å². The maximum atomic E-state index is 16.2. The highest BCUT2D eigenvalue weighted by Crippen LogP contribution is 2.90. The highest BCUT2D eigenvalue weighted by Gasteiger charge is 3.22. The predicted molar refractivity (Wildman–Crippen MR) is 81.6 cm³/mol. The molecule has 0 amide bonds. The lowest BCUT2D eigenvalue weighted by molar-refractivity contribution is -0.601. The fraction of sp³-hybridized carbons (Fsp3) is 1.00. The molecule has 0 bridgehead atoms. The Hall–Kier alpha value is -2.24. The highest BCUT2D eigenvalue weighted by molar-refractivity contribution is 5.51. The zero-order valence-corrected chi connectivity index (χ0v) is 20.6. The first-order valence-electron chi connectivity index (χ1n) is 10.5. The van der Waals surface area contributed by atoms with Crippen LogP contribution in [0.3, 0.4) is 0 Å². The van der Waals surface area contributed by atoms with E-state index in [1.54, 1.807) is 0 Å². The zero-order chi connectivity index (χ0) is 40.5. The van der Waals surface area contributed by atoms with Crippen molar-refractivity contribution in [3.63, 3.8) is 0 Å². The second-order valence-corrected chi connectivity index (χ2v) is 9.98. The molecule has 0 aromatic carbocycles. The molecule has 0 radical (unpaired) electrons. The Bertz CT molecular complexity index is 1300. The summed E-state index contributed by atoms with van der Waals surface area (Å²) in [6.45, 7) is 0. The van der Waals surface area contributed by atoms with Crippen LogP contribution in [-0.2, 0) is 0 Å². The van der Waals surface area contributed by atoms with Crippen molar-refractivity contribution in [2.24, 2.45) is 5.41 Å². The maximum absolute atomic E-state index is 16.2. The van der Waals surface area contributed by atoms with Gasteiger partial charge >= 0.3 is 77.8 Å². The van der Waals surface area contributed by atoms with Gasteiger partial charge in [-0.3, -0.25) is 0 Å². The smallest absolute Gasteiger partial charge is 0.231 e. The predicted octanol–water partition coefficient (Wildman–Crippen LogP) is 10.2. The molecule has 2 aliphatic rings. The van der Waals surface area contributed by atoms with Gasteiger partial charge in [0.05, 0.1) is 0 Å². The molecule has 2 saturated carbocycles. The average molecular weight is 812 g/mol. The van der Waals surface area contributed by atoms with E-state index in [9.17, 15) is 123 Å². The molecular weight excluding hydrogens is 812 g/mol. The zero-order valence-electron chi connectivity index (χ0n) is 20.6. The number of alkyl halides is 32. The summed E-state index contributed by atoms with van der Waals surface area (Å²) in [6, 6.07) is 0. The van der Waals surface area contributed by atoms with Crippen molar-refractivity contribution in [1.82, 2.24) is 0 Å². The van der Waals surface area contributed by atoms with Crippen LogP contribution < -0.4 is 0 Å². The summed E-state index contributed by atoms with van der Waals surface area (Å²) >= 11 is 0. The lowest BCUT2D eigenvalue weighted by atomic mass is 9.36. The first-order chi connectivity index (χ1) is 20.5. The Morgan fingerprint density at radius 1 is 0.245 bits per heavy atom. The molecule has 0 aromatic rings. The summed E-state index contributed by atoms with van der Waals surface area (Å²) in [5, 5.41) is 0. The van der Waals surface area contributed by atoms with Crippen LogP contribution >= 0.6 is 0 Å². The van der Waals surface area contributed by atoms with Crippen LogP contribution in [0.5, 0.6) is 0 Å². The second-order valence-electron chi connectivity index (χ2n) is 9.98. The molecular formula is C17F32. The monoisotopic (exact) mass is 812 g/mol. The summed E-state index contributed by atoms with van der Waals surface area (Å²) in [5.41, 5.74) is -67.8. The van der Waals surface area contributed by atoms with E-state index in [1.165, 1.54) is 0 Å². The largest absolute Gasteiger partial charge is 0.435 e. The van der Waals surface area contributed by atoms with Crippen LogP contribution in [0.25, 0.3) is 0 Å². The Kier molecular flexibility index (Phi) is 8.07. The molecule has 292 valence electrons. The molecule has 49 heavy (non-hydrogen) atoms. The van der Waals surface area contributed by atoms with Gasteiger partial charge in [0, 0.05) is 0 Å². The standard InChI is InChI=1S/C17F32/c18-2-1(13(35,36)37,4(20,14(38,39)40)15(41,42)43)3(19,6(22,16(44,45)46)17(47,48)49)7(23,24)9(27,28)5(2,21)10(29,30)12(33,34)11(31,32)8(2,25)26. The van der Waals surface area contributed by atoms with Gasteiger partial charge in [-0.05, 0) is 0 Å². The third-order valence-electron chi connectivity index (χ3n) is 7.80. The molecule has 32 heteroatoms. The SMILES string of the molecule is FC(F)(F)C(F)(C(F)(F)F)C1(F)C(F)(F)C(F)(F)C2(F)C(F)(F)C(F)(F)C(F)(F)C(F)(F)C2(F)C1(C(F)(F)F)C(F)(C(F)(F)F)C(F)(F)F. The molecule has 2 fully saturated rings. The second kappa shape index (κ2) is 9.21. The molecule has 0 spiro atoms. The summed E-state index contributed by atoms with van der Waals surface area (Å²) in [6.07, 6.45) is -51.0. The third kappa shape index (κ3) is 3.43. The lowest BCUT2D eigenvalue weighted by Gasteiger charge is -2.72. The van der Waals surface area contributed by atoms with E-state index in [2.05, 4.69) is 0 Å². The number of halogens is 32. The van der Waals surface area contributed by atoms with Crippen molar-refractivity contribution < 1.29 is 140 Å². The molecule has 0 nitrogen and oxygen atoms in total. The van der Waals surface area contributed by atoms with Crippen molar-refractivity contribution in [2.75, 3.05) is 0 Å². The number of rotatable bonds is 2. The summed E-state index contributed by atoms with van der Waals surface area (Å²) < 4.78 is 457. The minimum absolute atomic E-state index is 9.50. The van der Waals surface area contributed by atoms with Gasteiger partial charge in [0.1, 0.15) is 0 Å². The van der Waals surface area contributed by atoms with Gasteiger partial charge in [0.2, 0.25) is 11.1 Å². The minimum atomic E-state index is -11.9. The molecule has 4 unspecified atom stereocenters. The molecule has 2 aliphatic carbocycles. The molecule has 2 rings (SSSR count). The number of hydrogen-bond donors (Lipinski definition) is 0. The maximum Gasteiger partial charge on any atom is 0.435 e. The van der Waals surface area contributed by atoms with Gasteiger partial charge in [-0.15, -0.1) is 0 Å². The topological polar surface area (TPSA) is 0 Å². The Labute approximate surface area is 242 Å². The summed E-state index contributed by atoms with van der Waals surface area (Å²) in [7, 11) is 0. The Morgan fingerprint density at radius 3 is 0.694 bits per heavy atom. The molecule has 4 atom stereocenters. The highest BCUT2D eigenvalue weighted by atomic mass is 19.5. The number of hydrogen-bond acceptors (Lipinski definition) is 0. The molecule has 0 aliphatic heterocycles. The van der Waals surface area contributed by atoms with Crippen LogP contribution in [-0.4, -0.2) is 94.8 Å². The first kappa shape index (κ1) is 42.9. The first-order valence-corrected chi connectivity index (χ1v) is 10.5. The van der Waals surface area contributed by atoms with Crippen LogP contribution in [0.4, 0.5) is 140 Å². The van der Waals surface area contributed by atoms with Crippen LogP contribution in [0.2, 0.25) is 0 Å². The normalized spacial score (nSPS) is 36.2. The van der Waals surface area contributed by atoms with E-state index in [4.69, 9.17) is 0 Å². The van der Waals surface area contributed by atoms with Gasteiger partial charge < -0.3 is 0 Å². The van der Waals surface area contributed by atoms with Gasteiger partial charge in [0.25, 0.3) is 11.3 Å². The Morgan fingerprint density at radius 2 is 0.469 bits per heavy atom. The van der Waals surface area contributed by atoms with E-state index in [0.29, 0.717) is 0 Å². The van der Waals surface area contributed by atoms with Gasteiger partial charge in [-0.1, -0.05) is 0 Å². The molecule has 0 heterocycles. The van der Waals surface area contributed by atoms with Gasteiger partial charge in [0.15, 0.2) is 0 Å². The quantitative estimate of drug-likeness (QED) is 0.244. The van der Waals surface area contributed by atoms with E-state index in [1.807, 2.05) is 0 Å². The van der Waals surface area contributed by atoms with Crippen LogP contribution in [0.1, 0.15) is 0 Å². The van der Waals surface area contributed by atoms with Crippen molar-refractivity contribution in [3.05, 3.63) is 0 Å².